The lowest BCUT2D eigenvalue weighted by Crippen LogP contribution is -2.28. The van der Waals surface area contributed by atoms with Crippen molar-refractivity contribution in [2.24, 2.45) is 27.9 Å². The van der Waals surface area contributed by atoms with Crippen LogP contribution in [0.4, 0.5) is 34.5 Å². The number of hydrogen-bond acceptors (Lipinski definition) is 13. The Balaban J connectivity index is -0.0000000704. The zero-order chi connectivity index (χ0) is 49.3. The Morgan fingerprint density at radius 1 is 0.733 bits per heavy atom. The average molecular weight is 890 g/mol. The third kappa shape index (κ3) is 117. The van der Waals surface area contributed by atoms with Crippen LogP contribution < -0.4 is 70.8 Å². The summed E-state index contributed by atoms with van der Waals surface area (Å²) >= 11 is 1.92. The first kappa shape index (κ1) is 74.8. The van der Waals surface area contributed by atoms with Gasteiger partial charge in [0.1, 0.15) is 0 Å². The molecule has 356 valence electrons. The normalized spacial score (nSPS) is 7.63. The van der Waals surface area contributed by atoms with Gasteiger partial charge in [-0.1, -0.05) is 18.2 Å². The number of para-hydroxylation sites is 1. The van der Waals surface area contributed by atoms with Crippen molar-refractivity contribution < 1.29 is 48.1 Å². The summed E-state index contributed by atoms with van der Waals surface area (Å²) in [6.45, 7) is 4.88. The van der Waals surface area contributed by atoms with E-state index in [9.17, 15) is 33.6 Å². The van der Waals surface area contributed by atoms with Gasteiger partial charge in [0, 0.05) is 76.0 Å². The van der Waals surface area contributed by atoms with Gasteiger partial charge in [-0.3, -0.25) is 9.79 Å². The number of aliphatic imine (C=N–C) groups is 1. The van der Waals surface area contributed by atoms with Gasteiger partial charge in [0.25, 0.3) is 0 Å². The molecule has 0 atom stereocenters. The Morgan fingerprint density at radius 3 is 1.28 bits per heavy atom. The fourth-order valence-corrected chi connectivity index (χ4v) is 2.09. The number of nitrogens with one attached hydrogen (secondary N) is 9. The minimum Gasteiger partial charge on any atom is -0.465 e. The number of ether oxygens (including phenoxy) is 2. The van der Waals surface area contributed by atoms with Gasteiger partial charge < -0.3 is 90.3 Å². The van der Waals surface area contributed by atoms with E-state index in [4.69, 9.17) is 16.6 Å². The van der Waals surface area contributed by atoms with Gasteiger partial charge in [0.2, 0.25) is 5.91 Å². The van der Waals surface area contributed by atoms with Crippen molar-refractivity contribution in [3.8, 4) is 0 Å². The number of nitrogens with zero attached hydrogens (tertiary/aromatic N) is 2. The molecule has 18 N–H and O–H groups in total. The zero-order valence-electron chi connectivity index (χ0n) is 38.4. The number of rotatable bonds is 6. The third-order valence-electron chi connectivity index (χ3n) is 4.61. The van der Waals surface area contributed by atoms with Crippen LogP contribution >= 0.6 is 11.8 Å². The maximum absolute atomic E-state index is 10.8. The number of carbonyl (C=O) groups is 7. The molecule has 0 saturated carbocycles. The maximum Gasteiger partial charge on any atom is 0.406 e. The average Bonchev–Trinajstić information content (AvgIpc) is 3.25. The summed E-state index contributed by atoms with van der Waals surface area (Å²) in [7, 11) is 20.8. The van der Waals surface area contributed by atoms with Crippen molar-refractivity contribution in [3.05, 3.63) is 30.3 Å². The molecule has 0 heterocycles. The van der Waals surface area contributed by atoms with Crippen LogP contribution in [0.25, 0.3) is 0 Å². The number of thioether (sulfide) groups is 1. The summed E-state index contributed by atoms with van der Waals surface area (Å²) in [4.78, 5) is 74.7. The lowest BCUT2D eigenvalue weighted by Gasteiger charge is -2.06. The van der Waals surface area contributed by atoms with Gasteiger partial charge in [-0.15, -0.1) is 0 Å². The predicted molar refractivity (Wildman–Crippen MR) is 244 cm³/mol. The van der Waals surface area contributed by atoms with E-state index in [0.29, 0.717) is 6.61 Å². The lowest BCUT2D eigenvalue weighted by atomic mass is 10.3. The Bertz CT molecular complexity index is 1090. The minimum absolute atomic E-state index is 0.00463. The monoisotopic (exact) mass is 890 g/mol. The standard InChI is InChI=1S/C8H10N2O.C6H15NS.C4H9NO2.C3H8N2O.C3H7NO2.C3H7NO.C2H7N3.C2H6N2O.C2H5NO2.CH5N/c1-9-8(11)10-7-5-3-2-4-6-7;1-7(2)5-4-6-8-3;1-3-7-4(6)5-2;1-4-3(6)5-2;1-4-3(5)6-2;1-3(5)4-2;1-5-2(3)4;1-4-2(3)5;1-3-2(4)5;1-2/h2-6H,1H3,(H2,9,10,11);4-6H2,1-3H3;3H2,1-2H3,(H,5,6);1-2H3,(H2,4,5,6);1-2H3,(H,4,5);1-2H3,(H,4,5);1H3,(H4,3,4,5);1H3,(H3,3,4,5);3H,1H3,(H,4,5);2H2,1H3. The highest BCUT2D eigenvalue weighted by molar-refractivity contribution is 7.98. The molecule has 0 bridgehead atoms. The molecule has 26 heteroatoms. The Kier molecular flexibility index (Phi) is 84.2. The molecule has 0 aliphatic rings. The molecule has 0 fully saturated rings. The van der Waals surface area contributed by atoms with Crippen LogP contribution in [0.15, 0.2) is 35.3 Å². The number of carboxylic acid groups (broad SMARTS) is 1. The first-order valence-corrected chi connectivity index (χ1v) is 18.8. The quantitative estimate of drug-likeness (QED) is 0.102. The number of benzene rings is 1. The number of guanidine groups is 1. The van der Waals surface area contributed by atoms with E-state index >= 15 is 0 Å². The van der Waals surface area contributed by atoms with E-state index in [-0.39, 0.29) is 30.0 Å². The fraction of sp³-hybridized carbons (Fsp3) is 0.588. The highest BCUT2D eigenvalue weighted by Crippen LogP contribution is 2.03. The number of alkyl carbamates (subject to hydrolysis) is 2. The molecule has 25 nitrogen and oxygen atoms in total. The summed E-state index contributed by atoms with van der Waals surface area (Å²) in [6, 6.07) is 8.44. The van der Waals surface area contributed by atoms with E-state index in [1.165, 1.54) is 75.0 Å². The molecular weight excluding hydrogens is 811 g/mol. The van der Waals surface area contributed by atoms with Gasteiger partial charge in [0.15, 0.2) is 5.96 Å². The first-order chi connectivity index (χ1) is 28.1. The summed E-state index contributed by atoms with van der Waals surface area (Å²) in [5.74, 6) is 1.42. The molecule has 60 heavy (non-hydrogen) atoms. The highest BCUT2D eigenvalue weighted by atomic mass is 32.2. The molecule has 0 saturated heterocycles. The Morgan fingerprint density at radius 2 is 1.12 bits per heavy atom. The Hall–Kier alpha value is -6.15. The number of hydrogen-bond donors (Lipinski definition) is 14. The highest BCUT2D eigenvalue weighted by Gasteiger charge is 1.94. The minimum atomic E-state index is -0.995. The van der Waals surface area contributed by atoms with Crippen LogP contribution in [-0.4, -0.2) is 175 Å². The van der Waals surface area contributed by atoms with Crippen LogP contribution in [-0.2, 0) is 14.3 Å². The molecule has 10 amide bonds. The third-order valence-corrected chi connectivity index (χ3v) is 5.30. The number of nitrogens with two attached hydrogens (primary N) is 4. The molecular formula is C34H79N15O10S. The van der Waals surface area contributed by atoms with E-state index in [1.807, 2.05) is 47.4 Å². The largest absolute Gasteiger partial charge is 0.465 e. The van der Waals surface area contributed by atoms with Crippen LogP contribution in [0.2, 0.25) is 0 Å². The second kappa shape index (κ2) is 67.6. The van der Waals surface area contributed by atoms with E-state index < -0.39 is 18.2 Å². The van der Waals surface area contributed by atoms with Crippen molar-refractivity contribution in [3.63, 3.8) is 0 Å². The molecule has 0 aliphatic heterocycles. The summed E-state index contributed by atoms with van der Waals surface area (Å²) in [6.07, 6.45) is 1.69. The van der Waals surface area contributed by atoms with Gasteiger partial charge in [-0.25, -0.2) is 28.8 Å². The van der Waals surface area contributed by atoms with E-state index in [0.717, 1.165) is 5.69 Å². The molecule has 0 aliphatic carbocycles. The van der Waals surface area contributed by atoms with Crippen LogP contribution in [0, 0.1) is 0 Å². The predicted octanol–water partition coefficient (Wildman–Crippen LogP) is 0.00380. The number of carbonyl (C=O) groups excluding carboxylic acids is 6. The molecule has 1 aromatic carbocycles. The van der Waals surface area contributed by atoms with Gasteiger partial charge in [-0.2, -0.15) is 11.8 Å². The number of urea groups is 3. The molecule has 0 unspecified atom stereocenters. The van der Waals surface area contributed by atoms with E-state index in [2.05, 4.69) is 93.7 Å². The van der Waals surface area contributed by atoms with Crippen molar-refractivity contribution >= 4 is 65.7 Å². The molecule has 0 aromatic heterocycles. The molecule has 0 spiro atoms. The van der Waals surface area contributed by atoms with Crippen molar-refractivity contribution in [2.75, 3.05) is 122 Å². The SMILES string of the molecule is CCOC(=O)NC.CN.CN=C(N)N.CNC(=O)NC.CNC(=O)Nc1ccccc1.CNC(=O)O.CNC(=O)OC.CNC(C)=O.CNC(N)=O.CSCCCN(C)C. The van der Waals surface area contributed by atoms with Crippen molar-refractivity contribution in [1.29, 1.82) is 0 Å². The topological polar surface area (TPSA) is 386 Å². The number of anilines is 1. The first-order valence-electron chi connectivity index (χ1n) is 17.4. The second-order valence-electron chi connectivity index (χ2n) is 9.39. The van der Waals surface area contributed by atoms with Crippen molar-refractivity contribution in [1.82, 2.24) is 47.4 Å². The fourth-order valence-electron chi connectivity index (χ4n) is 1.67. The second-order valence-corrected chi connectivity index (χ2v) is 10.4. The lowest BCUT2D eigenvalue weighted by molar-refractivity contribution is -0.118. The summed E-state index contributed by atoms with van der Waals surface area (Å²) in [5.41, 5.74) is 19.5. The summed E-state index contributed by atoms with van der Waals surface area (Å²) < 4.78 is 8.59. The number of amides is 10. The van der Waals surface area contributed by atoms with Crippen LogP contribution in [0.1, 0.15) is 20.3 Å². The van der Waals surface area contributed by atoms with Gasteiger partial charge in [0.05, 0.1) is 13.7 Å². The van der Waals surface area contributed by atoms with Crippen LogP contribution in [0.5, 0.6) is 0 Å². The van der Waals surface area contributed by atoms with Gasteiger partial charge >= 0.3 is 36.4 Å². The summed E-state index contributed by atoms with van der Waals surface area (Å²) in [5, 5.41) is 28.5. The number of primary amides is 1. The Labute approximate surface area is 361 Å². The number of methoxy groups -OCH3 is 1. The molecule has 1 rings (SSSR count). The van der Waals surface area contributed by atoms with Gasteiger partial charge in [-0.05, 0) is 65.2 Å². The smallest absolute Gasteiger partial charge is 0.406 e. The zero-order valence-corrected chi connectivity index (χ0v) is 39.3. The molecule has 0 radical (unpaired) electrons. The van der Waals surface area contributed by atoms with E-state index in [1.54, 1.807) is 35.1 Å². The van der Waals surface area contributed by atoms with Crippen molar-refractivity contribution in [2.45, 2.75) is 20.3 Å². The maximum atomic E-state index is 10.8. The van der Waals surface area contributed by atoms with Crippen LogP contribution in [0.3, 0.4) is 0 Å². The molecule has 1 aromatic rings.